The van der Waals surface area contributed by atoms with Crippen molar-refractivity contribution in [1.82, 2.24) is 10.0 Å². The van der Waals surface area contributed by atoms with Crippen LogP contribution in [0, 0.1) is 5.92 Å². The molecule has 0 aliphatic heterocycles. The lowest BCUT2D eigenvalue weighted by Crippen LogP contribution is -2.33. The Balaban J connectivity index is 2.79. The first-order valence-electron chi connectivity index (χ1n) is 9.05. The number of aromatic nitrogens is 1. The number of rotatable bonds is 13. The highest BCUT2D eigenvalue weighted by molar-refractivity contribution is 5.98. The summed E-state index contributed by atoms with van der Waals surface area (Å²) in [5.74, 6) is -0.841. The average molecular weight is 358 g/mol. The number of hydroxylamine groups is 2. The molecule has 0 spiro atoms. The first-order chi connectivity index (χ1) is 12.5. The molecule has 0 fully saturated rings. The van der Waals surface area contributed by atoms with Crippen molar-refractivity contribution in [2.45, 2.75) is 44.9 Å². The van der Waals surface area contributed by atoms with Gasteiger partial charge >= 0.3 is 0 Å². The Hall–Kier alpha value is -2.27. The van der Waals surface area contributed by atoms with Crippen LogP contribution in [0.1, 0.15) is 54.6 Å². The van der Waals surface area contributed by atoms with Crippen molar-refractivity contribution < 1.29 is 14.4 Å². The molecule has 0 saturated carbocycles. The third kappa shape index (κ3) is 6.92. The molecule has 5 heteroatoms. The van der Waals surface area contributed by atoms with Crippen LogP contribution in [0.2, 0.25) is 0 Å². The van der Waals surface area contributed by atoms with Gasteiger partial charge in [0.05, 0.1) is 13.0 Å². The second-order valence-electron chi connectivity index (χ2n) is 6.27. The fraction of sp³-hybridized carbons (Fsp3) is 0.476. The summed E-state index contributed by atoms with van der Waals surface area (Å²) in [6.07, 6.45) is 10.7. The summed E-state index contributed by atoms with van der Waals surface area (Å²) < 4.78 is 0. The molecule has 0 aliphatic carbocycles. The van der Waals surface area contributed by atoms with Crippen LogP contribution in [0.4, 0.5) is 0 Å². The number of aryl methyl sites for hydroxylation is 1. The summed E-state index contributed by atoms with van der Waals surface area (Å²) in [5, 5.41) is 1.15. The molecule has 1 aromatic rings. The number of nitrogens with zero attached hydrogens (tertiary/aromatic N) is 2. The Kier molecular flexibility index (Phi) is 10.2. The van der Waals surface area contributed by atoms with Crippen LogP contribution in [-0.4, -0.2) is 35.9 Å². The van der Waals surface area contributed by atoms with Crippen LogP contribution in [0.15, 0.2) is 43.6 Å². The maximum absolute atomic E-state index is 12.8. The van der Waals surface area contributed by atoms with Crippen molar-refractivity contribution in [3.8, 4) is 0 Å². The largest absolute Gasteiger partial charge is 0.292 e. The van der Waals surface area contributed by atoms with Crippen LogP contribution in [-0.2, 0) is 16.1 Å². The number of hydrogen-bond donors (Lipinski definition) is 0. The zero-order valence-electron chi connectivity index (χ0n) is 15.9. The molecule has 1 atom stereocenters. The number of carbonyl (C=O) groups is 2. The van der Waals surface area contributed by atoms with Crippen LogP contribution >= 0.6 is 0 Å². The number of amides is 1. The molecular weight excluding hydrogens is 328 g/mol. The van der Waals surface area contributed by atoms with Crippen LogP contribution < -0.4 is 0 Å². The van der Waals surface area contributed by atoms with E-state index in [0.717, 1.165) is 42.7 Å². The van der Waals surface area contributed by atoms with E-state index in [4.69, 9.17) is 4.84 Å². The lowest BCUT2D eigenvalue weighted by Gasteiger charge is -2.20. The first kappa shape index (κ1) is 21.8. The normalized spacial score (nSPS) is 11.6. The lowest BCUT2D eigenvalue weighted by atomic mass is 9.93. The molecule has 1 rings (SSSR count). The minimum atomic E-state index is -0.493. The standard InChI is InChI=1S/C21H30N2O3/c1-5-7-8-9-10-13-17-14-11-15-22-20(17)19(24)16-18(12-6-2)21(25)23(3)26-4/h5-6,11,14-15,18H,1-2,7-10,12-13,16H2,3-4H3/t18-/m1/s1. The summed E-state index contributed by atoms with van der Waals surface area (Å²) in [5.41, 5.74) is 1.42. The second kappa shape index (κ2) is 12.1. The van der Waals surface area contributed by atoms with Crippen LogP contribution in [0.5, 0.6) is 0 Å². The Morgan fingerprint density at radius 1 is 1.27 bits per heavy atom. The van der Waals surface area contributed by atoms with Gasteiger partial charge in [0.2, 0.25) is 5.91 Å². The molecule has 0 aliphatic rings. The Bertz CT molecular complexity index is 613. The molecule has 0 aromatic carbocycles. The van der Waals surface area contributed by atoms with E-state index in [1.54, 1.807) is 19.3 Å². The minimum Gasteiger partial charge on any atom is -0.292 e. The van der Waals surface area contributed by atoms with Gasteiger partial charge in [-0.2, -0.15) is 0 Å². The highest BCUT2D eigenvalue weighted by Crippen LogP contribution is 2.19. The predicted molar refractivity (Wildman–Crippen MR) is 104 cm³/mol. The van der Waals surface area contributed by atoms with Gasteiger partial charge in [-0.25, -0.2) is 5.06 Å². The van der Waals surface area contributed by atoms with Gasteiger partial charge in [-0.05, 0) is 43.7 Å². The second-order valence-corrected chi connectivity index (χ2v) is 6.27. The molecule has 142 valence electrons. The van der Waals surface area contributed by atoms with E-state index in [1.165, 1.54) is 7.11 Å². The maximum Gasteiger partial charge on any atom is 0.249 e. The zero-order chi connectivity index (χ0) is 19.4. The molecule has 1 heterocycles. The number of allylic oxidation sites excluding steroid dienone is 2. The number of Topliss-reactive ketones (excluding diaryl/α,β-unsaturated/α-hetero) is 1. The van der Waals surface area contributed by atoms with E-state index in [1.807, 2.05) is 18.2 Å². The van der Waals surface area contributed by atoms with Gasteiger partial charge < -0.3 is 0 Å². The van der Waals surface area contributed by atoms with Crippen molar-refractivity contribution in [3.05, 3.63) is 54.9 Å². The Labute approximate surface area is 156 Å². The Morgan fingerprint density at radius 3 is 2.69 bits per heavy atom. The first-order valence-corrected chi connectivity index (χ1v) is 9.05. The van der Waals surface area contributed by atoms with Gasteiger partial charge in [-0.3, -0.25) is 19.4 Å². The third-order valence-corrected chi connectivity index (χ3v) is 4.33. The number of hydrogen-bond acceptors (Lipinski definition) is 4. The molecule has 0 radical (unpaired) electrons. The van der Waals surface area contributed by atoms with E-state index in [9.17, 15) is 9.59 Å². The third-order valence-electron chi connectivity index (χ3n) is 4.33. The molecule has 1 aromatic heterocycles. The number of carbonyl (C=O) groups excluding carboxylic acids is 2. The highest BCUT2D eigenvalue weighted by atomic mass is 16.7. The molecule has 0 N–H and O–H groups in total. The van der Waals surface area contributed by atoms with Crippen LogP contribution in [0.3, 0.4) is 0 Å². The van der Waals surface area contributed by atoms with Crippen LogP contribution in [0.25, 0.3) is 0 Å². The van der Waals surface area contributed by atoms with Crippen molar-refractivity contribution in [2.24, 2.45) is 5.92 Å². The maximum atomic E-state index is 12.8. The molecule has 1 amide bonds. The zero-order valence-corrected chi connectivity index (χ0v) is 15.9. The van der Waals surface area contributed by atoms with Crippen molar-refractivity contribution in [3.63, 3.8) is 0 Å². The summed E-state index contributed by atoms with van der Waals surface area (Å²) in [4.78, 5) is 34.4. The molecule has 0 bridgehead atoms. The SMILES string of the molecule is C=CCCCCCc1cccnc1C(=O)C[C@@H](CC=C)C(=O)N(C)OC. The summed E-state index contributed by atoms with van der Waals surface area (Å²) >= 11 is 0. The van der Waals surface area contributed by atoms with Gasteiger partial charge in [0.25, 0.3) is 0 Å². The highest BCUT2D eigenvalue weighted by Gasteiger charge is 2.26. The number of ketones is 1. The average Bonchev–Trinajstić information content (AvgIpc) is 2.66. The quantitative estimate of drug-likeness (QED) is 0.230. The lowest BCUT2D eigenvalue weighted by molar-refractivity contribution is -0.173. The number of unbranched alkanes of at least 4 members (excludes halogenated alkanes) is 3. The molecule has 5 nitrogen and oxygen atoms in total. The summed E-state index contributed by atoms with van der Waals surface area (Å²) in [6.45, 7) is 7.41. The van der Waals surface area contributed by atoms with E-state index < -0.39 is 5.92 Å². The van der Waals surface area contributed by atoms with E-state index in [2.05, 4.69) is 18.1 Å². The molecular formula is C21H30N2O3. The van der Waals surface area contributed by atoms with Gasteiger partial charge in [0.1, 0.15) is 5.69 Å². The Morgan fingerprint density at radius 2 is 2.04 bits per heavy atom. The smallest absolute Gasteiger partial charge is 0.249 e. The van der Waals surface area contributed by atoms with Gasteiger partial charge in [-0.1, -0.05) is 24.6 Å². The van der Waals surface area contributed by atoms with Crippen molar-refractivity contribution in [2.75, 3.05) is 14.2 Å². The summed E-state index contributed by atoms with van der Waals surface area (Å²) in [6, 6.07) is 3.79. The van der Waals surface area contributed by atoms with Crippen molar-refractivity contribution in [1.29, 1.82) is 0 Å². The monoisotopic (exact) mass is 358 g/mol. The molecule has 26 heavy (non-hydrogen) atoms. The number of pyridine rings is 1. The molecule has 0 unspecified atom stereocenters. The van der Waals surface area contributed by atoms with Crippen molar-refractivity contribution >= 4 is 11.7 Å². The van der Waals surface area contributed by atoms with E-state index >= 15 is 0 Å². The van der Waals surface area contributed by atoms with E-state index in [-0.39, 0.29) is 18.1 Å². The summed E-state index contributed by atoms with van der Waals surface area (Å²) in [7, 11) is 2.96. The van der Waals surface area contributed by atoms with E-state index in [0.29, 0.717) is 12.1 Å². The molecule has 0 saturated heterocycles. The topological polar surface area (TPSA) is 59.5 Å². The van der Waals surface area contributed by atoms with Gasteiger partial charge in [0, 0.05) is 19.7 Å². The fourth-order valence-corrected chi connectivity index (χ4v) is 2.81. The minimum absolute atomic E-state index is 0.0963. The fourth-order valence-electron chi connectivity index (χ4n) is 2.81. The van der Waals surface area contributed by atoms with Gasteiger partial charge in [0.15, 0.2) is 5.78 Å². The predicted octanol–water partition coefficient (Wildman–Crippen LogP) is 4.16. The van der Waals surface area contributed by atoms with Gasteiger partial charge in [-0.15, -0.1) is 13.2 Å².